The standard InChI is InChI=1S/C26H31N7O.2C2HF3O2/c1-15-10-11-20-19(12-15)23(31-21-8-4-5-9-22(21)32-26(27)28)33-24(30-20)25(34)29-18-13-16-6-2-3-7-17(16)14-18;2*3-2(4,5)1(6)7/h2-3,6-7,10-12,18,21-22H,4-5,8-9,13-14H2,1H3,(H,29,34)(H4,27,28,32)(H,30,31,33);2*(H,6,7). The maximum Gasteiger partial charge on any atom is 0.490 e. The highest BCUT2D eigenvalue weighted by Gasteiger charge is 2.39. The monoisotopic (exact) mass is 685 g/mol. The van der Waals surface area contributed by atoms with Crippen molar-refractivity contribution in [1.29, 1.82) is 0 Å². The summed E-state index contributed by atoms with van der Waals surface area (Å²) in [5.74, 6) is -4.85. The number of benzene rings is 2. The van der Waals surface area contributed by atoms with Crippen LogP contribution < -0.4 is 22.1 Å². The van der Waals surface area contributed by atoms with Crippen LogP contribution in [0.3, 0.4) is 0 Å². The van der Waals surface area contributed by atoms with Crippen LogP contribution in [-0.2, 0) is 22.4 Å². The van der Waals surface area contributed by atoms with Crippen LogP contribution in [0.4, 0.5) is 32.2 Å². The van der Waals surface area contributed by atoms with Gasteiger partial charge in [-0.1, -0.05) is 48.7 Å². The number of aryl methyl sites for hydroxylation is 1. The van der Waals surface area contributed by atoms with Crippen molar-refractivity contribution in [3.8, 4) is 0 Å². The van der Waals surface area contributed by atoms with Gasteiger partial charge in [0.1, 0.15) is 5.82 Å². The number of hydrogen-bond acceptors (Lipinski definition) is 7. The molecule has 0 radical (unpaired) electrons. The molecule has 2 aliphatic carbocycles. The van der Waals surface area contributed by atoms with E-state index in [4.69, 9.17) is 36.3 Å². The number of hydrogen-bond donors (Lipinski definition) is 6. The first-order valence-corrected chi connectivity index (χ1v) is 14.5. The van der Waals surface area contributed by atoms with Crippen molar-refractivity contribution < 1.29 is 50.9 Å². The Balaban J connectivity index is 0.000000376. The zero-order valence-electron chi connectivity index (χ0n) is 25.4. The van der Waals surface area contributed by atoms with Gasteiger partial charge in [-0.3, -0.25) is 4.79 Å². The molecule has 0 spiro atoms. The van der Waals surface area contributed by atoms with Crippen molar-refractivity contribution in [2.45, 2.75) is 75.9 Å². The summed E-state index contributed by atoms with van der Waals surface area (Å²) < 4.78 is 63.5. The van der Waals surface area contributed by atoms with Crippen LogP contribution in [0.15, 0.2) is 47.5 Å². The number of alkyl halides is 6. The van der Waals surface area contributed by atoms with Crippen LogP contribution in [0.1, 0.15) is 53.0 Å². The average molecular weight is 686 g/mol. The molecule has 1 fully saturated rings. The van der Waals surface area contributed by atoms with E-state index in [1.807, 2.05) is 37.3 Å². The van der Waals surface area contributed by atoms with Crippen LogP contribution >= 0.6 is 0 Å². The Morgan fingerprint density at radius 3 is 1.94 bits per heavy atom. The summed E-state index contributed by atoms with van der Waals surface area (Å²) in [5, 5.41) is 21.8. The van der Waals surface area contributed by atoms with E-state index in [0.29, 0.717) is 5.82 Å². The number of amides is 1. The molecule has 1 amide bonds. The molecular formula is C30H33F6N7O5. The van der Waals surface area contributed by atoms with Gasteiger partial charge >= 0.3 is 24.3 Å². The molecule has 12 nitrogen and oxygen atoms in total. The van der Waals surface area contributed by atoms with Crippen molar-refractivity contribution in [3.63, 3.8) is 0 Å². The molecule has 1 heterocycles. The molecule has 18 heteroatoms. The highest BCUT2D eigenvalue weighted by Crippen LogP contribution is 2.28. The van der Waals surface area contributed by atoms with E-state index >= 15 is 0 Å². The smallest absolute Gasteiger partial charge is 0.475 e. The van der Waals surface area contributed by atoms with Crippen molar-refractivity contribution in [1.82, 2.24) is 15.3 Å². The third-order valence-corrected chi connectivity index (χ3v) is 7.29. The number of carboxylic acids is 2. The Labute approximate surface area is 269 Å². The predicted octanol–water partition coefficient (Wildman–Crippen LogP) is 4.10. The fourth-order valence-electron chi connectivity index (χ4n) is 5.17. The highest BCUT2D eigenvalue weighted by molar-refractivity contribution is 5.97. The van der Waals surface area contributed by atoms with Gasteiger partial charge in [-0.25, -0.2) is 24.5 Å². The number of rotatable bonds is 5. The number of carbonyl (C=O) groups excluding carboxylic acids is 1. The largest absolute Gasteiger partial charge is 0.490 e. The Hall–Kier alpha value is -5.16. The molecule has 2 aliphatic rings. The summed E-state index contributed by atoms with van der Waals surface area (Å²) in [6, 6.07) is 14.4. The first-order valence-electron chi connectivity index (χ1n) is 14.5. The molecule has 2 aromatic carbocycles. The minimum absolute atomic E-state index is 0.0251. The van der Waals surface area contributed by atoms with E-state index in [2.05, 4.69) is 32.7 Å². The lowest BCUT2D eigenvalue weighted by Crippen LogP contribution is -2.39. The van der Waals surface area contributed by atoms with Gasteiger partial charge in [0.25, 0.3) is 5.91 Å². The lowest BCUT2D eigenvalue weighted by molar-refractivity contribution is -0.193. The van der Waals surface area contributed by atoms with Crippen LogP contribution in [0, 0.1) is 6.92 Å². The van der Waals surface area contributed by atoms with Gasteiger partial charge in [-0.05, 0) is 55.9 Å². The van der Waals surface area contributed by atoms with Crippen LogP contribution in [0.5, 0.6) is 0 Å². The second-order valence-electron chi connectivity index (χ2n) is 11.0. The van der Waals surface area contributed by atoms with Gasteiger partial charge < -0.3 is 32.3 Å². The molecule has 2 unspecified atom stereocenters. The summed E-state index contributed by atoms with van der Waals surface area (Å²) >= 11 is 0. The van der Waals surface area contributed by atoms with Crippen LogP contribution in [0.25, 0.3) is 10.9 Å². The maximum atomic E-state index is 13.2. The SMILES string of the molecule is Cc1ccc2nc(C(=O)NC3Cc4ccccc4C3)nc(NC3CCCCC3N=C(N)N)c2c1.O=C(O)C(F)(F)F.O=C(O)C(F)(F)F. The van der Waals surface area contributed by atoms with E-state index < -0.39 is 24.3 Å². The summed E-state index contributed by atoms with van der Waals surface area (Å²) in [4.78, 5) is 44.7. The van der Waals surface area contributed by atoms with Crippen LogP contribution in [0.2, 0.25) is 0 Å². The number of aromatic nitrogens is 2. The normalized spacial score (nSPS) is 17.5. The molecule has 48 heavy (non-hydrogen) atoms. The summed E-state index contributed by atoms with van der Waals surface area (Å²) in [7, 11) is 0. The zero-order chi connectivity index (χ0) is 35.8. The second kappa shape index (κ2) is 15.6. The minimum Gasteiger partial charge on any atom is -0.475 e. The van der Waals surface area contributed by atoms with Gasteiger partial charge in [0.15, 0.2) is 5.96 Å². The summed E-state index contributed by atoms with van der Waals surface area (Å²) in [6.07, 6.45) is -4.51. The predicted molar refractivity (Wildman–Crippen MR) is 162 cm³/mol. The lowest BCUT2D eigenvalue weighted by atomic mass is 9.90. The zero-order valence-corrected chi connectivity index (χ0v) is 25.4. The number of fused-ring (bicyclic) bond motifs is 2. The quantitative estimate of drug-likeness (QED) is 0.129. The average Bonchev–Trinajstić information content (AvgIpc) is 3.40. The van der Waals surface area contributed by atoms with E-state index in [0.717, 1.165) is 55.0 Å². The van der Waals surface area contributed by atoms with E-state index in [9.17, 15) is 31.1 Å². The maximum absolute atomic E-state index is 13.2. The van der Waals surface area contributed by atoms with Crippen molar-refractivity contribution in [2.24, 2.45) is 16.5 Å². The third kappa shape index (κ3) is 10.7. The van der Waals surface area contributed by atoms with Gasteiger partial charge in [0.05, 0.1) is 17.6 Å². The Morgan fingerprint density at radius 1 is 0.875 bits per heavy atom. The second-order valence-corrected chi connectivity index (χ2v) is 11.0. The number of nitrogens with one attached hydrogen (secondary N) is 2. The van der Waals surface area contributed by atoms with Gasteiger partial charge in [-0.15, -0.1) is 0 Å². The van der Waals surface area contributed by atoms with Crippen molar-refractivity contribution in [3.05, 3.63) is 65.0 Å². The molecular weight excluding hydrogens is 652 g/mol. The first-order chi connectivity index (χ1) is 22.3. The van der Waals surface area contributed by atoms with Crippen molar-refractivity contribution >= 4 is 40.5 Å². The molecule has 3 aromatic rings. The first kappa shape index (κ1) is 37.3. The fraction of sp³-hybridized carbons (Fsp3) is 0.400. The molecule has 2 atom stereocenters. The number of nitrogens with two attached hydrogens (primary N) is 2. The number of nitrogens with zero attached hydrogens (tertiary/aromatic N) is 3. The molecule has 5 rings (SSSR count). The number of anilines is 1. The molecule has 0 bridgehead atoms. The Bertz CT molecular complexity index is 1610. The third-order valence-electron chi connectivity index (χ3n) is 7.29. The fourth-order valence-corrected chi connectivity index (χ4v) is 5.17. The lowest BCUT2D eigenvalue weighted by Gasteiger charge is -2.30. The van der Waals surface area contributed by atoms with Crippen molar-refractivity contribution in [2.75, 3.05) is 5.32 Å². The number of carboxylic acid groups (broad SMARTS) is 2. The number of halogens is 6. The number of aliphatic carboxylic acids is 2. The molecule has 0 aliphatic heterocycles. The number of aliphatic imine (C=N–C) groups is 1. The molecule has 0 saturated heterocycles. The van der Waals surface area contributed by atoms with Gasteiger partial charge in [0.2, 0.25) is 5.82 Å². The number of guanidine groups is 1. The molecule has 1 aromatic heterocycles. The molecule has 8 N–H and O–H groups in total. The summed E-state index contributed by atoms with van der Waals surface area (Å²) in [5.41, 5.74) is 15.8. The van der Waals surface area contributed by atoms with Crippen LogP contribution in [-0.4, -0.2) is 74.5 Å². The van der Waals surface area contributed by atoms with Gasteiger partial charge in [-0.2, -0.15) is 26.3 Å². The van der Waals surface area contributed by atoms with E-state index in [1.54, 1.807) is 0 Å². The van der Waals surface area contributed by atoms with E-state index in [1.165, 1.54) is 11.1 Å². The van der Waals surface area contributed by atoms with Gasteiger partial charge in [0, 0.05) is 11.4 Å². The Kier molecular flexibility index (Phi) is 12.1. The topological polar surface area (TPSA) is 206 Å². The molecule has 260 valence electrons. The molecule has 1 saturated carbocycles. The number of carbonyl (C=O) groups is 3. The minimum atomic E-state index is -5.08. The highest BCUT2D eigenvalue weighted by atomic mass is 19.4. The summed E-state index contributed by atoms with van der Waals surface area (Å²) in [6.45, 7) is 2.03. The Morgan fingerprint density at radius 2 is 1.42 bits per heavy atom. The van der Waals surface area contributed by atoms with E-state index in [-0.39, 0.29) is 35.8 Å².